The standard InChI is InChI=1S/C25H22F2N2O7/c1-24(13-34-19-9-21-20(8-17(19)24)35-25(26,27)36-21)23(33)28-18-7-15(14-5-3-2-4-6-14)10-29(22(18)32)11-16(31)12-30/h2-10,16,30-31H,11-13H2,1H3,(H,28,33)/t16-,24+/m1/s1. The fourth-order valence-electron chi connectivity index (χ4n) is 4.21. The highest BCUT2D eigenvalue weighted by Crippen LogP contribution is 2.50. The predicted molar refractivity (Wildman–Crippen MR) is 123 cm³/mol. The summed E-state index contributed by atoms with van der Waals surface area (Å²) in [7, 11) is 0. The monoisotopic (exact) mass is 500 g/mol. The maximum absolute atomic E-state index is 13.5. The van der Waals surface area contributed by atoms with Gasteiger partial charge in [0, 0.05) is 23.4 Å². The Labute approximate surface area is 203 Å². The van der Waals surface area contributed by atoms with E-state index >= 15 is 0 Å². The van der Waals surface area contributed by atoms with E-state index in [9.17, 15) is 28.6 Å². The minimum Gasteiger partial charge on any atom is -0.492 e. The molecular formula is C25H22F2N2O7. The van der Waals surface area contributed by atoms with Crippen LogP contribution in [0.15, 0.2) is 59.5 Å². The zero-order valence-corrected chi connectivity index (χ0v) is 19.0. The van der Waals surface area contributed by atoms with Crippen LogP contribution >= 0.6 is 0 Å². The molecule has 0 fully saturated rings. The summed E-state index contributed by atoms with van der Waals surface area (Å²) in [5, 5.41) is 21.8. The van der Waals surface area contributed by atoms with Crippen molar-refractivity contribution in [2.24, 2.45) is 0 Å². The smallest absolute Gasteiger partial charge is 0.492 e. The Balaban J connectivity index is 1.50. The molecule has 2 aliphatic heterocycles. The van der Waals surface area contributed by atoms with E-state index in [0.29, 0.717) is 11.1 Å². The van der Waals surface area contributed by atoms with Crippen molar-refractivity contribution in [1.29, 1.82) is 0 Å². The number of pyridine rings is 1. The van der Waals surface area contributed by atoms with Gasteiger partial charge in [-0.25, -0.2) is 0 Å². The summed E-state index contributed by atoms with van der Waals surface area (Å²) in [4.78, 5) is 26.6. The van der Waals surface area contributed by atoms with Gasteiger partial charge in [0.15, 0.2) is 11.5 Å². The molecule has 0 saturated heterocycles. The molecule has 36 heavy (non-hydrogen) atoms. The first-order valence-corrected chi connectivity index (χ1v) is 11.1. The van der Waals surface area contributed by atoms with Crippen LogP contribution in [0.3, 0.4) is 0 Å². The summed E-state index contributed by atoms with van der Waals surface area (Å²) >= 11 is 0. The quantitative estimate of drug-likeness (QED) is 0.476. The first-order chi connectivity index (χ1) is 17.1. The third-order valence-corrected chi connectivity index (χ3v) is 6.17. The lowest BCUT2D eigenvalue weighted by molar-refractivity contribution is -0.286. The Morgan fingerprint density at radius 2 is 1.81 bits per heavy atom. The number of aromatic nitrogens is 1. The number of fused-ring (bicyclic) bond motifs is 2. The van der Waals surface area contributed by atoms with Gasteiger partial charge in [0.25, 0.3) is 5.56 Å². The zero-order valence-electron chi connectivity index (χ0n) is 19.0. The molecule has 9 nitrogen and oxygen atoms in total. The van der Waals surface area contributed by atoms with Gasteiger partial charge in [-0.3, -0.25) is 9.59 Å². The number of nitrogens with one attached hydrogen (secondary N) is 1. The van der Waals surface area contributed by atoms with Gasteiger partial charge in [-0.05, 0) is 24.6 Å². The number of halogens is 2. The number of benzene rings is 2. The fourth-order valence-corrected chi connectivity index (χ4v) is 4.21. The highest BCUT2D eigenvalue weighted by molar-refractivity contribution is 6.00. The number of alkyl halides is 2. The van der Waals surface area contributed by atoms with E-state index in [4.69, 9.17) is 4.74 Å². The third kappa shape index (κ3) is 4.16. The van der Waals surface area contributed by atoms with Crippen molar-refractivity contribution >= 4 is 11.6 Å². The topological polar surface area (TPSA) is 119 Å². The molecule has 0 aliphatic carbocycles. The van der Waals surface area contributed by atoms with Gasteiger partial charge in [0.1, 0.15) is 23.5 Å². The van der Waals surface area contributed by atoms with E-state index in [1.165, 1.54) is 29.0 Å². The van der Waals surface area contributed by atoms with E-state index in [1.807, 2.05) is 30.3 Å². The maximum atomic E-state index is 13.5. The summed E-state index contributed by atoms with van der Waals surface area (Å²) in [6, 6.07) is 13.1. The van der Waals surface area contributed by atoms with Crippen molar-refractivity contribution < 1.29 is 38.0 Å². The van der Waals surface area contributed by atoms with Crippen LogP contribution in [0, 0.1) is 0 Å². The molecule has 0 unspecified atom stereocenters. The van der Waals surface area contributed by atoms with Crippen molar-refractivity contribution in [2.75, 3.05) is 18.5 Å². The highest BCUT2D eigenvalue weighted by Gasteiger charge is 2.49. The number of hydrogen-bond acceptors (Lipinski definition) is 7. The Hall–Kier alpha value is -3.96. The normalized spacial score (nSPS) is 19.9. The summed E-state index contributed by atoms with van der Waals surface area (Å²) in [5.41, 5.74) is -0.340. The Morgan fingerprint density at radius 1 is 1.11 bits per heavy atom. The molecular weight excluding hydrogens is 478 g/mol. The minimum absolute atomic E-state index is 0.0616. The number of carbonyl (C=O) groups excluding carboxylic acids is 1. The number of hydrogen-bond donors (Lipinski definition) is 3. The summed E-state index contributed by atoms with van der Waals surface area (Å²) < 4.78 is 42.8. The number of carbonyl (C=O) groups is 1. The number of amides is 1. The van der Waals surface area contributed by atoms with Gasteiger partial charge < -0.3 is 34.3 Å². The molecule has 0 spiro atoms. The molecule has 2 aliphatic rings. The van der Waals surface area contributed by atoms with Gasteiger partial charge in [-0.15, -0.1) is 8.78 Å². The number of aliphatic hydroxyl groups excluding tert-OH is 2. The second-order valence-corrected chi connectivity index (χ2v) is 8.84. The second kappa shape index (κ2) is 8.61. The number of ether oxygens (including phenoxy) is 3. The maximum Gasteiger partial charge on any atom is 0.586 e. The van der Waals surface area contributed by atoms with E-state index in [2.05, 4.69) is 14.8 Å². The van der Waals surface area contributed by atoms with Crippen LogP contribution in [0.1, 0.15) is 12.5 Å². The van der Waals surface area contributed by atoms with Crippen LogP contribution in [0.25, 0.3) is 11.1 Å². The Kier molecular flexibility index (Phi) is 5.68. The van der Waals surface area contributed by atoms with E-state index in [1.54, 1.807) is 6.92 Å². The average molecular weight is 500 g/mol. The van der Waals surface area contributed by atoms with E-state index in [0.717, 1.165) is 5.56 Å². The predicted octanol–water partition coefficient (Wildman–Crippen LogP) is 2.48. The molecule has 2 aromatic carbocycles. The summed E-state index contributed by atoms with van der Waals surface area (Å²) in [5.74, 6) is -0.850. The van der Waals surface area contributed by atoms with Crippen LogP contribution in [-0.4, -0.2) is 46.3 Å². The molecule has 0 bridgehead atoms. The number of aliphatic hydroxyl groups is 2. The number of rotatable bonds is 6. The molecule has 1 amide bonds. The molecule has 5 rings (SSSR count). The molecule has 3 aromatic rings. The van der Waals surface area contributed by atoms with Crippen LogP contribution < -0.4 is 25.1 Å². The third-order valence-electron chi connectivity index (χ3n) is 6.17. The van der Waals surface area contributed by atoms with Crippen LogP contribution in [0.5, 0.6) is 17.2 Å². The van der Waals surface area contributed by atoms with Crippen LogP contribution in [0.2, 0.25) is 0 Å². The molecule has 11 heteroatoms. The Bertz CT molecular complexity index is 1390. The zero-order chi connectivity index (χ0) is 25.7. The highest BCUT2D eigenvalue weighted by atomic mass is 19.3. The lowest BCUT2D eigenvalue weighted by Gasteiger charge is -2.22. The lowest BCUT2D eigenvalue weighted by Crippen LogP contribution is -2.41. The van der Waals surface area contributed by atoms with Gasteiger partial charge in [0.05, 0.1) is 19.3 Å². The molecule has 3 heterocycles. The van der Waals surface area contributed by atoms with Crippen LogP contribution in [0.4, 0.5) is 14.5 Å². The molecule has 0 saturated carbocycles. The molecule has 3 N–H and O–H groups in total. The van der Waals surface area contributed by atoms with Crippen molar-refractivity contribution in [3.8, 4) is 28.4 Å². The minimum atomic E-state index is -3.82. The molecule has 0 radical (unpaired) electrons. The molecule has 188 valence electrons. The van der Waals surface area contributed by atoms with Gasteiger partial charge in [-0.2, -0.15) is 0 Å². The molecule has 1 aromatic heterocycles. The van der Waals surface area contributed by atoms with E-state index in [-0.39, 0.29) is 36.1 Å². The Morgan fingerprint density at radius 3 is 2.50 bits per heavy atom. The van der Waals surface area contributed by atoms with Gasteiger partial charge in [0.2, 0.25) is 5.91 Å². The van der Waals surface area contributed by atoms with Crippen molar-refractivity contribution in [1.82, 2.24) is 4.57 Å². The molecule has 2 atom stereocenters. The fraction of sp³-hybridized carbons (Fsp3) is 0.280. The SMILES string of the molecule is C[C@]1(C(=O)Nc2cc(-c3ccccc3)cn(C[C@@H](O)CO)c2=O)COc2cc3c(cc21)OC(F)(F)O3. The summed E-state index contributed by atoms with van der Waals surface area (Å²) in [6.07, 6.45) is -3.48. The van der Waals surface area contributed by atoms with Crippen molar-refractivity contribution in [2.45, 2.75) is 31.3 Å². The van der Waals surface area contributed by atoms with Crippen molar-refractivity contribution in [3.63, 3.8) is 0 Å². The largest absolute Gasteiger partial charge is 0.586 e. The van der Waals surface area contributed by atoms with Crippen LogP contribution in [-0.2, 0) is 16.8 Å². The first kappa shape index (κ1) is 23.8. The second-order valence-electron chi connectivity index (χ2n) is 8.84. The van der Waals surface area contributed by atoms with E-state index < -0.39 is 35.9 Å². The number of anilines is 1. The van der Waals surface area contributed by atoms with Crippen molar-refractivity contribution in [3.05, 3.63) is 70.6 Å². The average Bonchev–Trinajstić information content (AvgIpc) is 3.34. The summed E-state index contributed by atoms with van der Waals surface area (Å²) in [6.45, 7) is 0.706. The first-order valence-electron chi connectivity index (χ1n) is 11.1. The van der Waals surface area contributed by atoms with Gasteiger partial charge in [-0.1, -0.05) is 30.3 Å². The lowest BCUT2D eigenvalue weighted by atomic mass is 9.83. The van der Waals surface area contributed by atoms with Gasteiger partial charge >= 0.3 is 6.29 Å². The number of nitrogens with zero attached hydrogens (tertiary/aromatic N) is 1.